The molecule has 0 aliphatic carbocycles. The topological polar surface area (TPSA) is 78.5 Å². The van der Waals surface area contributed by atoms with Crippen LogP contribution in [0.3, 0.4) is 0 Å². The number of hydrogen-bond acceptors (Lipinski definition) is 5. The van der Waals surface area contributed by atoms with Gasteiger partial charge in [-0.15, -0.1) is 0 Å². The summed E-state index contributed by atoms with van der Waals surface area (Å²) in [6.45, 7) is 2.48. The van der Waals surface area contributed by atoms with E-state index in [1.165, 1.54) is 4.90 Å². The average molecular weight is 388 g/mol. The Morgan fingerprint density at radius 1 is 1.19 bits per heavy atom. The summed E-state index contributed by atoms with van der Waals surface area (Å²) in [4.78, 5) is 41.0. The van der Waals surface area contributed by atoms with E-state index in [4.69, 9.17) is 0 Å². The van der Waals surface area contributed by atoms with Crippen molar-refractivity contribution in [2.45, 2.75) is 37.8 Å². The second-order valence-electron chi connectivity index (χ2n) is 7.53. The van der Waals surface area contributed by atoms with E-state index in [9.17, 15) is 14.4 Å². The van der Waals surface area contributed by atoms with Gasteiger partial charge >= 0.3 is 0 Å². The quantitative estimate of drug-likeness (QED) is 0.730. The second kappa shape index (κ2) is 6.95. The summed E-state index contributed by atoms with van der Waals surface area (Å²) in [5, 5.41) is 6.38. The van der Waals surface area contributed by atoms with Gasteiger partial charge in [-0.1, -0.05) is 31.5 Å². The summed E-state index contributed by atoms with van der Waals surface area (Å²) >= 11 is 1.71. The van der Waals surface area contributed by atoms with Crippen LogP contribution in [0.4, 0.5) is 5.69 Å². The molecule has 0 aromatic heterocycles. The van der Waals surface area contributed by atoms with Crippen molar-refractivity contribution in [3.8, 4) is 0 Å². The Balaban J connectivity index is 1.79. The number of rotatable bonds is 6. The summed E-state index contributed by atoms with van der Waals surface area (Å²) in [7, 11) is 0. The van der Waals surface area contributed by atoms with Crippen LogP contribution in [0.1, 0.15) is 31.7 Å². The molecule has 1 aromatic rings. The Morgan fingerprint density at radius 2 is 1.96 bits per heavy atom. The molecule has 1 spiro atoms. The number of nitrogens with one attached hydrogen (secondary N) is 2. The van der Waals surface area contributed by atoms with Crippen molar-refractivity contribution < 1.29 is 14.4 Å². The zero-order chi connectivity index (χ0) is 19.2. The van der Waals surface area contributed by atoms with E-state index in [1.807, 2.05) is 37.4 Å². The smallest absolute Gasteiger partial charge is 0.250 e. The zero-order valence-corrected chi connectivity index (χ0v) is 16.5. The highest BCUT2D eigenvalue weighted by Gasteiger charge is 2.70. The lowest BCUT2D eigenvalue weighted by Crippen LogP contribution is -2.53. The van der Waals surface area contributed by atoms with Gasteiger partial charge in [0.15, 0.2) is 0 Å². The number of benzene rings is 1. The molecule has 6 nitrogen and oxygen atoms in total. The predicted octanol–water partition coefficient (Wildman–Crippen LogP) is 1.96. The minimum Gasteiger partial charge on any atom is -0.324 e. The average Bonchev–Trinajstić information content (AvgIpc) is 3.24. The molecule has 7 heteroatoms. The maximum atomic E-state index is 13.3. The normalized spacial score (nSPS) is 31.6. The molecule has 3 heterocycles. The third-order valence-electron chi connectivity index (χ3n) is 6.08. The van der Waals surface area contributed by atoms with Crippen molar-refractivity contribution >= 4 is 35.2 Å². The minimum absolute atomic E-state index is 0.119. The lowest BCUT2D eigenvalue weighted by atomic mass is 9.76. The minimum atomic E-state index is -1.14. The molecule has 0 bridgehead atoms. The lowest BCUT2D eigenvalue weighted by Gasteiger charge is -2.29. The van der Waals surface area contributed by atoms with E-state index < -0.39 is 17.4 Å². The second-order valence-corrected chi connectivity index (χ2v) is 8.51. The van der Waals surface area contributed by atoms with Crippen molar-refractivity contribution in [2.24, 2.45) is 11.8 Å². The molecule has 2 N–H and O–H groups in total. The van der Waals surface area contributed by atoms with Gasteiger partial charge in [-0.05, 0) is 30.9 Å². The summed E-state index contributed by atoms with van der Waals surface area (Å²) < 4.78 is 0. The van der Waals surface area contributed by atoms with E-state index in [0.29, 0.717) is 6.54 Å². The highest BCUT2D eigenvalue weighted by molar-refractivity contribution is 7.98. The molecule has 2 fully saturated rings. The lowest BCUT2D eigenvalue weighted by molar-refractivity contribution is -0.142. The fraction of sp³-hybridized carbons (Fsp3) is 0.550. The number of carbonyl (C=O) groups excluding carboxylic acids is 3. The molecule has 144 valence electrons. The number of para-hydroxylation sites is 1. The van der Waals surface area contributed by atoms with Crippen molar-refractivity contribution in [2.75, 3.05) is 23.9 Å². The molecule has 3 aliphatic heterocycles. The van der Waals surface area contributed by atoms with Gasteiger partial charge < -0.3 is 5.32 Å². The van der Waals surface area contributed by atoms with E-state index in [-0.39, 0.29) is 23.8 Å². The maximum absolute atomic E-state index is 13.3. The summed E-state index contributed by atoms with van der Waals surface area (Å²) in [5.41, 5.74) is 0.375. The molecule has 4 atom stereocenters. The standard InChI is InChI=1S/C20H25N3O3S/c1-3-4-10-23-17(24)15-14(9-11-27-2)22-20(16(15)18(23)25)12-7-5-6-8-13(12)21-19(20)26/h5-8,14-16,22H,3-4,9-11H2,1-2H3,(H,21,26)/t14-,15+,16-,20+/m0/s1. The molecule has 0 saturated carbocycles. The number of nitrogens with zero attached hydrogens (tertiary/aromatic N) is 1. The highest BCUT2D eigenvalue weighted by Crippen LogP contribution is 2.53. The van der Waals surface area contributed by atoms with E-state index >= 15 is 0 Å². The molecule has 2 saturated heterocycles. The Morgan fingerprint density at radius 3 is 2.70 bits per heavy atom. The van der Waals surface area contributed by atoms with Gasteiger partial charge in [0, 0.05) is 23.8 Å². The summed E-state index contributed by atoms with van der Waals surface area (Å²) in [5.74, 6) is -0.813. The zero-order valence-electron chi connectivity index (χ0n) is 15.7. The van der Waals surface area contributed by atoms with Gasteiger partial charge in [-0.2, -0.15) is 11.8 Å². The van der Waals surface area contributed by atoms with E-state index in [1.54, 1.807) is 11.8 Å². The Kier molecular flexibility index (Phi) is 4.76. The monoisotopic (exact) mass is 387 g/mol. The maximum Gasteiger partial charge on any atom is 0.250 e. The van der Waals surface area contributed by atoms with Crippen LogP contribution in [-0.2, 0) is 19.9 Å². The van der Waals surface area contributed by atoms with Crippen LogP contribution in [-0.4, -0.2) is 47.2 Å². The number of hydrogen-bond donors (Lipinski definition) is 2. The third kappa shape index (κ3) is 2.55. The SMILES string of the molecule is CCCCN1C(=O)[C@@H]2[C@H](CCSC)N[C@@]3(C(=O)Nc4ccccc43)[C@@H]2C1=O. The first-order valence-corrected chi connectivity index (χ1v) is 11.0. The van der Waals surface area contributed by atoms with Crippen LogP contribution >= 0.6 is 11.8 Å². The van der Waals surface area contributed by atoms with E-state index in [0.717, 1.165) is 36.3 Å². The van der Waals surface area contributed by atoms with Crippen LogP contribution < -0.4 is 10.6 Å². The van der Waals surface area contributed by atoms with Gasteiger partial charge in [-0.25, -0.2) is 0 Å². The summed E-state index contributed by atoms with van der Waals surface area (Å²) in [6.07, 6.45) is 4.47. The molecule has 0 radical (unpaired) electrons. The van der Waals surface area contributed by atoms with Gasteiger partial charge in [0.25, 0.3) is 0 Å². The van der Waals surface area contributed by atoms with Gasteiger partial charge in [0.1, 0.15) is 5.54 Å². The van der Waals surface area contributed by atoms with Gasteiger partial charge in [-0.3, -0.25) is 24.6 Å². The first kappa shape index (κ1) is 18.5. The Bertz CT molecular complexity index is 798. The van der Waals surface area contributed by atoms with Crippen LogP contribution in [0.2, 0.25) is 0 Å². The molecule has 27 heavy (non-hydrogen) atoms. The Hall–Kier alpha value is -1.86. The summed E-state index contributed by atoms with van der Waals surface area (Å²) in [6, 6.07) is 7.31. The molecule has 3 aliphatic rings. The molecule has 1 aromatic carbocycles. The van der Waals surface area contributed by atoms with Crippen LogP contribution in [0.5, 0.6) is 0 Å². The predicted molar refractivity (Wildman–Crippen MR) is 105 cm³/mol. The molecule has 0 unspecified atom stereocenters. The first-order valence-electron chi connectivity index (χ1n) is 9.59. The van der Waals surface area contributed by atoms with Crippen LogP contribution in [0.15, 0.2) is 24.3 Å². The number of fused-ring (bicyclic) bond motifs is 4. The largest absolute Gasteiger partial charge is 0.324 e. The van der Waals surface area contributed by atoms with E-state index in [2.05, 4.69) is 10.6 Å². The number of anilines is 1. The number of carbonyl (C=O) groups is 3. The molecular formula is C20H25N3O3S. The third-order valence-corrected chi connectivity index (χ3v) is 6.73. The van der Waals surface area contributed by atoms with Crippen molar-refractivity contribution in [3.05, 3.63) is 29.8 Å². The van der Waals surface area contributed by atoms with Gasteiger partial charge in [0.2, 0.25) is 17.7 Å². The molecule has 3 amide bonds. The van der Waals surface area contributed by atoms with Gasteiger partial charge in [0.05, 0.1) is 11.8 Å². The number of thioether (sulfide) groups is 1. The number of unbranched alkanes of at least 4 members (excludes halogenated alkanes) is 1. The van der Waals surface area contributed by atoms with Crippen molar-refractivity contribution in [3.63, 3.8) is 0 Å². The van der Waals surface area contributed by atoms with Crippen molar-refractivity contribution in [1.82, 2.24) is 10.2 Å². The number of amides is 3. The Labute approximate surface area is 163 Å². The number of imide groups is 1. The van der Waals surface area contributed by atoms with Crippen molar-refractivity contribution in [1.29, 1.82) is 0 Å². The van der Waals surface area contributed by atoms with Crippen LogP contribution in [0, 0.1) is 11.8 Å². The highest BCUT2D eigenvalue weighted by atomic mass is 32.2. The first-order chi connectivity index (χ1) is 13.1. The fourth-order valence-corrected chi connectivity index (χ4v) is 5.34. The fourth-order valence-electron chi connectivity index (χ4n) is 4.85. The molecule has 4 rings (SSSR count). The van der Waals surface area contributed by atoms with Crippen LogP contribution in [0.25, 0.3) is 0 Å². The molecular weight excluding hydrogens is 362 g/mol. The number of likely N-dealkylation sites (tertiary alicyclic amines) is 1.